The van der Waals surface area contributed by atoms with E-state index in [0.29, 0.717) is 13.0 Å². The third-order valence-corrected chi connectivity index (χ3v) is 4.12. The van der Waals surface area contributed by atoms with E-state index in [1.807, 2.05) is 13.8 Å². The van der Waals surface area contributed by atoms with Crippen LogP contribution in [0.2, 0.25) is 0 Å². The Morgan fingerprint density at radius 1 is 1.60 bits per heavy atom. The van der Waals surface area contributed by atoms with Gasteiger partial charge in [0.05, 0.1) is 10.3 Å². The molecule has 0 bridgehead atoms. The van der Waals surface area contributed by atoms with Gasteiger partial charge in [0.1, 0.15) is 6.20 Å². The molecule has 1 aliphatic heterocycles. The van der Waals surface area contributed by atoms with Crippen LogP contribution in [0.3, 0.4) is 0 Å². The van der Waals surface area contributed by atoms with Crippen LogP contribution in [0.25, 0.3) is 0 Å². The first-order chi connectivity index (χ1) is 9.28. The van der Waals surface area contributed by atoms with Gasteiger partial charge in [0.2, 0.25) is 5.82 Å². The monoisotopic (exact) mass is 282 g/mol. The molecule has 20 heavy (non-hydrogen) atoms. The number of hydrogen-bond acceptors (Lipinski definition) is 5. The molecule has 0 radical (unpaired) electrons. The van der Waals surface area contributed by atoms with Gasteiger partial charge in [-0.15, -0.1) is 5.10 Å². The van der Waals surface area contributed by atoms with Gasteiger partial charge in [-0.05, 0) is 12.3 Å². The first-order valence-corrected chi connectivity index (χ1v) is 6.44. The zero-order valence-corrected chi connectivity index (χ0v) is 11.7. The van der Waals surface area contributed by atoms with Crippen molar-refractivity contribution in [2.75, 3.05) is 18.0 Å². The summed E-state index contributed by atoms with van der Waals surface area (Å²) in [6.07, 6.45) is 1.80. The van der Waals surface area contributed by atoms with Crippen LogP contribution in [0.1, 0.15) is 20.3 Å². The molecular weight excluding hydrogens is 264 g/mol. The fourth-order valence-corrected chi connectivity index (χ4v) is 2.72. The second-order valence-corrected chi connectivity index (χ2v) is 5.56. The fourth-order valence-electron chi connectivity index (χ4n) is 2.72. The second-order valence-electron chi connectivity index (χ2n) is 5.56. The van der Waals surface area contributed by atoms with Crippen molar-refractivity contribution in [3.8, 4) is 0 Å². The highest BCUT2D eigenvalue weighted by atomic mass is 16.6. The highest BCUT2D eigenvalue weighted by Gasteiger charge is 2.48. The maximum Gasteiger partial charge on any atom is 0.330 e. The highest BCUT2D eigenvalue weighted by molar-refractivity contribution is 5.77. The van der Waals surface area contributed by atoms with Crippen molar-refractivity contribution in [1.82, 2.24) is 9.78 Å². The molecule has 8 heteroatoms. The Labute approximate surface area is 116 Å². The molecule has 1 fully saturated rings. The lowest BCUT2D eigenvalue weighted by molar-refractivity contribution is -0.384. The highest BCUT2D eigenvalue weighted by Crippen LogP contribution is 2.41. The standard InChI is InChI=1S/C12H18N4O4/c1-8(2)12(11(17)18)4-5-15(7-12)10-9(16(19)20)6-14(3)13-10/h6,8H,4-5,7H2,1-3H3,(H,17,18). The quantitative estimate of drug-likeness (QED) is 0.659. The minimum Gasteiger partial charge on any atom is -0.481 e. The summed E-state index contributed by atoms with van der Waals surface area (Å²) in [6.45, 7) is 4.44. The summed E-state index contributed by atoms with van der Waals surface area (Å²) in [5.74, 6) is -0.650. The van der Waals surface area contributed by atoms with E-state index in [1.54, 1.807) is 11.9 Å². The molecule has 0 aromatic carbocycles. The molecule has 1 aromatic rings. The molecule has 1 aliphatic rings. The summed E-state index contributed by atoms with van der Waals surface area (Å²) in [4.78, 5) is 23.8. The van der Waals surface area contributed by atoms with E-state index in [-0.39, 0.29) is 24.0 Å². The van der Waals surface area contributed by atoms with Gasteiger partial charge in [-0.2, -0.15) is 0 Å². The van der Waals surface area contributed by atoms with Crippen molar-refractivity contribution < 1.29 is 14.8 Å². The minimum atomic E-state index is -0.870. The van der Waals surface area contributed by atoms with Gasteiger partial charge in [0.25, 0.3) is 0 Å². The summed E-state index contributed by atoms with van der Waals surface area (Å²) < 4.78 is 1.38. The van der Waals surface area contributed by atoms with Crippen LogP contribution < -0.4 is 4.90 Å². The van der Waals surface area contributed by atoms with Crippen LogP contribution in [0.4, 0.5) is 11.5 Å². The SMILES string of the molecule is CC(C)C1(C(=O)O)CCN(c2nn(C)cc2[N+](=O)[O-])C1. The smallest absolute Gasteiger partial charge is 0.330 e. The number of nitrogens with zero attached hydrogens (tertiary/aromatic N) is 4. The molecular formula is C12H18N4O4. The molecule has 8 nitrogen and oxygen atoms in total. The van der Waals surface area contributed by atoms with Crippen molar-refractivity contribution in [2.45, 2.75) is 20.3 Å². The van der Waals surface area contributed by atoms with E-state index >= 15 is 0 Å². The van der Waals surface area contributed by atoms with Gasteiger partial charge in [0, 0.05) is 20.1 Å². The summed E-state index contributed by atoms with van der Waals surface area (Å²) in [6, 6.07) is 0. The lowest BCUT2D eigenvalue weighted by Gasteiger charge is -2.28. The van der Waals surface area contributed by atoms with Crippen molar-refractivity contribution >= 4 is 17.5 Å². The molecule has 1 aromatic heterocycles. The fraction of sp³-hybridized carbons (Fsp3) is 0.667. The zero-order valence-electron chi connectivity index (χ0n) is 11.7. The molecule has 0 spiro atoms. The Bertz CT molecular complexity index is 554. The first kappa shape index (κ1) is 14.3. The molecule has 0 saturated carbocycles. The molecule has 2 rings (SSSR count). The van der Waals surface area contributed by atoms with Crippen LogP contribution in [0, 0.1) is 21.4 Å². The number of carboxylic acids is 1. The lowest BCUT2D eigenvalue weighted by Crippen LogP contribution is -2.39. The second kappa shape index (κ2) is 4.77. The molecule has 1 unspecified atom stereocenters. The summed E-state index contributed by atoms with van der Waals surface area (Å²) >= 11 is 0. The molecule has 2 heterocycles. The number of carbonyl (C=O) groups is 1. The summed E-state index contributed by atoms with van der Waals surface area (Å²) in [7, 11) is 1.61. The number of anilines is 1. The van der Waals surface area contributed by atoms with Crippen LogP contribution in [-0.2, 0) is 11.8 Å². The number of hydrogen-bond donors (Lipinski definition) is 1. The minimum absolute atomic E-state index is 0.0484. The Hall–Kier alpha value is -2.12. The average molecular weight is 282 g/mol. The molecule has 110 valence electrons. The van der Waals surface area contributed by atoms with Gasteiger partial charge >= 0.3 is 11.7 Å². The van der Waals surface area contributed by atoms with E-state index in [0.717, 1.165) is 0 Å². The lowest BCUT2D eigenvalue weighted by atomic mass is 9.76. The largest absolute Gasteiger partial charge is 0.481 e. The summed E-state index contributed by atoms with van der Waals surface area (Å²) in [5, 5.41) is 24.6. The molecule has 0 aliphatic carbocycles. The maximum atomic E-state index is 11.6. The third-order valence-electron chi connectivity index (χ3n) is 4.12. The van der Waals surface area contributed by atoms with E-state index in [2.05, 4.69) is 5.10 Å². The number of carboxylic acid groups (broad SMARTS) is 1. The van der Waals surface area contributed by atoms with Crippen LogP contribution in [0.5, 0.6) is 0 Å². The van der Waals surface area contributed by atoms with Crippen molar-refractivity contribution in [1.29, 1.82) is 0 Å². The van der Waals surface area contributed by atoms with Gasteiger partial charge < -0.3 is 10.0 Å². The van der Waals surface area contributed by atoms with E-state index in [9.17, 15) is 20.0 Å². The van der Waals surface area contributed by atoms with Crippen LogP contribution in [0.15, 0.2) is 6.20 Å². The number of aryl methyl sites for hydroxylation is 1. The first-order valence-electron chi connectivity index (χ1n) is 6.44. The number of aliphatic carboxylic acids is 1. The molecule has 1 N–H and O–H groups in total. The predicted molar refractivity (Wildman–Crippen MR) is 71.6 cm³/mol. The Kier molecular flexibility index (Phi) is 3.41. The van der Waals surface area contributed by atoms with Gasteiger partial charge in [-0.3, -0.25) is 19.6 Å². The molecule has 1 atom stereocenters. The van der Waals surface area contributed by atoms with E-state index in [1.165, 1.54) is 10.9 Å². The van der Waals surface area contributed by atoms with Gasteiger partial charge in [-0.1, -0.05) is 13.8 Å². The van der Waals surface area contributed by atoms with Gasteiger partial charge in [-0.25, -0.2) is 0 Å². The Balaban J connectivity index is 2.34. The van der Waals surface area contributed by atoms with Gasteiger partial charge in [0.15, 0.2) is 0 Å². The normalized spacial score (nSPS) is 22.5. The Morgan fingerprint density at radius 2 is 2.25 bits per heavy atom. The van der Waals surface area contributed by atoms with E-state index in [4.69, 9.17) is 0 Å². The molecule has 0 amide bonds. The average Bonchev–Trinajstić information content (AvgIpc) is 2.92. The topological polar surface area (TPSA) is 102 Å². The Morgan fingerprint density at radius 3 is 2.70 bits per heavy atom. The zero-order chi connectivity index (χ0) is 15.1. The molecule has 1 saturated heterocycles. The number of nitro groups is 1. The van der Waals surface area contributed by atoms with Crippen molar-refractivity contribution in [3.05, 3.63) is 16.3 Å². The number of aromatic nitrogens is 2. The maximum absolute atomic E-state index is 11.6. The summed E-state index contributed by atoms with van der Waals surface area (Å²) in [5.41, 5.74) is -0.955. The number of rotatable bonds is 4. The third kappa shape index (κ3) is 2.10. The predicted octanol–water partition coefficient (Wildman–Crippen LogP) is 1.27. The van der Waals surface area contributed by atoms with Crippen LogP contribution >= 0.6 is 0 Å². The van der Waals surface area contributed by atoms with E-state index < -0.39 is 16.3 Å². The van der Waals surface area contributed by atoms with Crippen molar-refractivity contribution in [2.24, 2.45) is 18.4 Å². The van der Waals surface area contributed by atoms with Crippen LogP contribution in [-0.4, -0.2) is 38.9 Å². The van der Waals surface area contributed by atoms with Crippen molar-refractivity contribution in [3.63, 3.8) is 0 Å².